The van der Waals surface area contributed by atoms with Gasteiger partial charge in [-0.1, -0.05) is 11.6 Å². The molecule has 118 valence electrons. The maximum atomic E-state index is 12.3. The molecule has 0 bridgehead atoms. The highest BCUT2D eigenvalue weighted by atomic mass is 35.5. The summed E-state index contributed by atoms with van der Waals surface area (Å²) in [7, 11) is 0. The summed E-state index contributed by atoms with van der Waals surface area (Å²) in [6.07, 6.45) is 0.327. The minimum absolute atomic E-state index is 0.0348. The van der Waals surface area contributed by atoms with E-state index < -0.39 is 0 Å². The van der Waals surface area contributed by atoms with Crippen LogP contribution in [0.2, 0.25) is 5.02 Å². The van der Waals surface area contributed by atoms with Gasteiger partial charge in [0.1, 0.15) is 0 Å². The number of nitrogens with zero attached hydrogens (tertiary/aromatic N) is 3. The summed E-state index contributed by atoms with van der Waals surface area (Å²) in [6.45, 7) is 5.61. The molecule has 0 spiro atoms. The van der Waals surface area contributed by atoms with Crippen LogP contribution in [-0.2, 0) is 9.59 Å². The zero-order valence-electron chi connectivity index (χ0n) is 12.7. The molecule has 5 nitrogen and oxygen atoms in total. The number of rotatable bonds is 3. The monoisotopic (exact) mass is 321 g/mol. The van der Waals surface area contributed by atoms with Gasteiger partial charge >= 0.3 is 0 Å². The summed E-state index contributed by atoms with van der Waals surface area (Å²) >= 11 is 5.92. The molecule has 0 N–H and O–H groups in total. The van der Waals surface area contributed by atoms with E-state index in [4.69, 9.17) is 11.6 Å². The van der Waals surface area contributed by atoms with Gasteiger partial charge in [0.15, 0.2) is 0 Å². The van der Waals surface area contributed by atoms with Gasteiger partial charge in [-0.25, -0.2) is 0 Å². The van der Waals surface area contributed by atoms with E-state index in [1.165, 1.54) is 4.90 Å². The van der Waals surface area contributed by atoms with Crippen LogP contribution in [0, 0.1) is 0 Å². The molecule has 0 aromatic heterocycles. The van der Waals surface area contributed by atoms with Gasteiger partial charge in [0.2, 0.25) is 11.8 Å². The van der Waals surface area contributed by atoms with Crippen molar-refractivity contribution in [3.05, 3.63) is 29.3 Å². The van der Waals surface area contributed by atoms with E-state index >= 15 is 0 Å². The van der Waals surface area contributed by atoms with Crippen molar-refractivity contribution in [3.63, 3.8) is 0 Å². The smallest absolute Gasteiger partial charge is 0.247 e. The molecule has 0 radical (unpaired) electrons. The van der Waals surface area contributed by atoms with Crippen molar-refractivity contribution >= 4 is 29.1 Å². The number of hydrogen-bond acceptors (Lipinski definition) is 4. The number of carbonyl (C=O) groups is 2. The third kappa shape index (κ3) is 2.83. The molecule has 2 heterocycles. The largest absolute Gasteiger partial charge is 0.369 e. The van der Waals surface area contributed by atoms with Gasteiger partial charge in [-0.15, -0.1) is 0 Å². The Morgan fingerprint density at radius 1 is 1.09 bits per heavy atom. The van der Waals surface area contributed by atoms with Gasteiger partial charge in [-0.2, -0.15) is 0 Å². The Balaban J connectivity index is 1.61. The lowest BCUT2D eigenvalue weighted by Crippen LogP contribution is -2.52. The summed E-state index contributed by atoms with van der Waals surface area (Å²) in [5, 5.41) is 0.733. The van der Waals surface area contributed by atoms with Gasteiger partial charge in [0.05, 0.1) is 12.5 Å². The standard InChI is InChI=1S/C16H20ClN3O2/c1-2-20-15(21)11-14(16(20)22)19-9-7-18(8-10-19)13-5-3-12(17)4-6-13/h3-6,14H,2,7-11H2,1H3/t14-/m0/s1. The minimum Gasteiger partial charge on any atom is -0.369 e. The molecule has 22 heavy (non-hydrogen) atoms. The van der Waals surface area contributed by atoms with Gasteiger partial charge in [0.25, 0.3) is 0 Å². The Bertz CT molecular complexity index is 567. The fourth-order valence-electron chi connectivity index (χ4n) is 3.23. The first-order chi connectivity index (χ1) is 10.6. The topological polar surface area (TPSA) is 43.9 Å². The van der Waals surface area contributed by atoms with Crippen LogP contribution < -0.4 is 4.90 Å². The summed E-state index contributed by atoms with van der Waals surface area (Å²) in [5.41, 5.74) is 1.15. The number of hydrogen-bond donors (Lipinski definition) is 0. The second-order valence-electron chi connectivity index (χ2n) is 5.70. The molecule has 2 amide bonds. The first-order valence-electron chi connectivity index (χ1n) is 7.69. The van der Waals surface area contributed by atoms with E-state index in [-0.39, 0.29) is 17.9 Å². The zero-order valence-corrected chi connectivity index (χ0v) is 13.4. The van der Waals surface area contributed by atoms with Crippen LogP contribution in [0.5, 0.6) is 0 Å². The highest BCUT2D eigenvalue weighted by Crippen LogP contribution is 2.23. The molecule has 0 unspecified atom stereocenters. The molecule has 6 heteroatoms. The third-order valence-corrected chi connectivity index (χ3v) is 4.74. The van der Waals surface area contributed by atoms with Crippen molar-refractivity contribution in [2.45, 2.75) is 19.4 Å². The van der Waals surface area contributed by atoms with Crippen LogP contribution in [0.4, 0.5) is 5.69 Å². The molecule has 1 atom stereocenters. The van der Waals surface area contributed by atoms with Crippen LogP contribution in [0.25, 0.3) is 0 Å². The van der Waals surface area contributed by atoms with E-state index in [0.717, 1.165) is 36.9 Å². The Morgan fingerprint density at radius 3 is 2.27 bits per heavy atom. The second kappa shape index (κ2) is 6.26. The Hall–Kier alpha value is -1.59. The van der Waals surface area contributed by atoms with E-state index in [0.29, 0.717) is 13.0 Å². The van der Waals surface area contributed by atoms with Crippen LogP contribution in [0.3, 0.4) is 0 Å². The molecule has 1 aromatic carbocycles. The lowest BCUT2D eigenvalue weighted by molar-refractivity contribution is -0.139. The highest BCUT2D eigenvalue weighted by molar-refractivity contribution is 6.30. The van der Waals surface area contributed by atoms with Crippen molar-refractivity contribution < 1.29 is 9.59 Å². The van der Waals surface area contributed by atoms with Crippen molar-refractivity contribution in [1.29, 1.82) is 0 Å². The summed E-state index contributed by atoms with van der Waals surface area (Å²) in [4.78, 5) is 29.9. The Morgan fingerprint density at radius 2 is 1.73 bits per heavy atom. The number of likely N-dealkylation sites (tertiary alicyclic amines) is 1. The summed E-state index contributed by atoms with van der Waals surface area (Å²) < 4.78 is 0. The zero-order chi connectivity index (χ0) is 15.7. The number of imide groups is 1. The predicted molar refractivity (Wildman–Crippen MR) is 86.0 cm³/mol. The predicted octanol–water partition coefficient (Wildman–Crippen LogP) is 1.61. The van der Waals surface area contributed by atoms with Gasteiger partial charge < -0.3 is 4.90 Å². The number of likely N-dealkylation sites (N-methyl/N-ethyl adjacent to an activating group) is 1. The van der Waals surface area contributed by atoms with Crippen LogP contribution in [0.1, 0.15) is 13.3 Å². The quantitative estimate of drug-likeness (QED) is 0.793. The Labute approximate surface area is 135 Å². The number of amides is 2. The van der Waals surface area contributed by atoms with Gasteiger partial charge in [-0.05, 0) is 31.2 Å². The average molecular weight is 322 g/mol. The molecule has 2 aliphatic rings. The molecule has 0 saturated carbocycles. The number of halogens is 1. The maximum absolute atomic E-state index is 12.3. The molecule has 1 aromatic rings. The first kappa shape index (κ1) is 15.3. The van der Waals surface area contributed by atoms with E-state index in [1.807, 2.05) is 31.2 Å². The fourth-order valence-corrected chi connectivity index (χ4v) is 3.35. The van der Waals surface area contributed by atoms with E-state index in [1.54, 1.807) is 0 Å². The normalized spacial score (nSPS) is 23.5. The Kier molecular flexibility index (Phi) is 4.36. The molecule has 2 fully saturated rings. The van der Waals surface area contributed by atoms with Crippen molar-refractivity contribution in [3.8, 4) is 0 Å². The lowest BCUT2D eigenvalue weighted by atomic mass is 10.1. The second-order valence-corrected chi connectivity index (χ2v) is 6.13. The SMILES string of the molecule is CCN1C(=O)C[C@H](N2CCN(c3ccc(Cl)cc3)CC2)C1=O. The lowest BCUT2D eigenvalue weighted by Gasteiger charge is -2.38. The van der Waals surface area contributed by atoms with Crippen LogP contribution in [-0.4, -0.2) is 60.4 Å². The van der Waals surface area contributed by atoms with Crippen molar-refractivity contribution in [2.24, 2.45) is 0 Å². The van der Waals surface area contributed by atoms with Crippen molar-refractivity contribution in [1.82, 2.24) is 9.80 Å². The maximum Gasteiger partial charge on any atom is 0.247 e. The number of carbonyl (C=O) groups excluding carboxylic acids is 2. The molecule has 2 aliphatic heterocycles. The van der Waals surface area contributed by atoms with Crippen LogP contribution in [0.15, 0.2) is 24.3 Å². The highest BCUT2D eigenvalue weighted by Gasteiger charge is 2.41. The molecular formula is C16H20ClN3O2. The van der Waals surface area contributed by atoms with E-state index in [2.05, 4.69) is 9.80 Å². The molecule has 0 aliphatic carbocycles. The third-order valence-electron chi connectivity index (χ3n) is 4.48. The minimum atomic E-state index is -0.264. The van der Waals surface area contributed by atoms with Crippen LogP contribution >= 0.6 is 11.6 Å². The van der Waals surface area contributed by atoms with Crippen molar-refractivity contribution in [2.75, 3.05) is 37.6 Å². The van der Waals surface area contributed by atoms with E-state index in [9.17, 15) is 9.59 Å². The fraction of sp³-hybridized carbons (Fsp3) is 0.500. The number of anilines is 1. The molecule has 3 rings (SSSR count). The molecule has 2 saturated heterocycles. The first-order valence-corrected chi connectivity index (χ1v) is 8.06. The summed E-state index contributed by atoms with van der Waals surface area (Å²) in [5.74, 6) is -0.0786. The summed E-state index contributed by atoms with van der Waals surface area (Å²) in [6, 6.07) is 7.55. The van der Waals surface area contributed by atoms with Gasteiger partial charge in [0, 0.05) is 43.4 Å². The number of benzene rings is 1. The van der Waals surface area contributed by atoms with Gasteiger partial charge in [-0.3, -0.25) is 19.4 Å². The number of piperazine rings is 1. The average Bonchev–Trinajstić information content (AvgIpc) is 2.82. The molecular weight excluding hydrogens is 302 g/mol.